The summed E-state index contributed by atoms with van der Waals surface area (Å²) in [5.41, 5.74) is 2.07. The van der Waals surface area contributed by atoms with E-state index in [1.807, 2.05) is 18.2 Å². The maximum Gasteiger partial charge on any atom is 0.150 e. The summed E-state index contributed by atoms with van der Waals surface area (Å²) in [7, 11) is 0. The summed E-state index contributed by atoms with van der Waals surface area (Å²) in [5, 5.41) is 0. The van der Waals surface area contributed by atoms with Crippen molar-refractivity contribution in [3.8, 4) is 0 Å². The third kappa shape index (κ3) is 3.69. The lowest BCUT2D eigenvalue weighted by Crippen LogP contribution is -2.16. The van der Waals surface area contributed by atoms with Crippen LogP contribution in [0.25, 0.3) is 0 Å². The molecule has 1 unspecified atom stereocenters. The van der Waals surface area contributed by atoms with Crippen LogP contribution < -0.4 is 0 Å². The molecule has 1 aromatic rings. The Morgan fingerprint density at radius 2 is 1.59 bits per heavy atom. The van der Waals surface area contributed by atoms with Gasteiger partial charge in [-0.25, -0.2) is 0 Å². The van der Waals surface area contributed by atoms with Gasteiger partial charge in [-0.15, -0.1) is 0 Å². The van der Waals surface area contributed by atoms with E-state index in [4.69, 9.17) is 0 Å². The van der Waals surface area contributed by atoms with Gasteiger partial charge in [-0.2, -0.15) is 0 Å². The average Bonchev–Trinajstić information content (AvgIpc) is 2.39. The summed E-state index contributed by atoms with van der Waals surface area (Å²) >= 11 is 0. The first-order chi connectivity index (χ1) is 8.26. The molecule has 17 heavy (non-hydrogen) atoms. The van der Waals surface area contributed by atoms with Crippen molar-refractivity contribution in [3.63, 3.8) is 0 Å². The molecule has 1 nitrogen and oxygen atoms in total. The van der Waals surface area contributed by atoms with Crippen LogP contribution in [-0.4, -0.2) is 6.29 Å². The largest absolute Gasteiger partial charge is 0.298 e. The molecule has 0 radical (unpaired) electrons. The maximum absolute atomic E-state index is 11.0. The molecule has 0 saturated heterocycles. The van der Waals surface area contributed by atoms with E-state index in [-0.39, 0.29) is 0 Å². The lowest BCUT2D eigenvalue weighted by molar-refractivity contribution is 0.112. The van der Waals surface area contributed by atoms with Crippen molar-refractivity contribution in [3.05, 3.63) is 35.4 Å². The van der Waals surface area contributed by atoms with E-state index in [1.165, 1.54) is 24.8 Å². The first-order valence-corrected chi connectivity index (χ1v) is 6.79. The number of carbonyl (C=O) groups excluding carboxylic acids is 1. The standard InChI is InChI=1S/C16H24O/c1-4-13(5-2)14(6-3)11-15-9-7-8-10-16(15)12-17/h7-10,12-14H,4-6,11H2,1-3H3. The summed E-state index contributed by atoms with van der Waals surface area (Å²) in [6.45, 7) is 6.79. The van der Waals surface area contributed by atoms with Gasteiger partial charge in [-0.05, 0) is 23.8 Å². The van der Waals surface area contributed by atoms with Gasteiger partial charge in [0.25, 0.3) is 0 Å². The van der Waals surface area contributed by atoms with Gasteiger partial charge >= 0.3 is 0 Å². The Labute approximate surface area is 105 Å². The third-order valence-corrected chi connectivity index (χ3v) is 3.90. The van der Waals surface area contributed by atoms with E-state index >= 15 is 0 Å². The molecule has 0 aliphatic heterocycles. The highest BCUT2D eigenvalue weighted by Crippen LogP contribution is 2.27. The van der Waals surface area contributed by atoms with Gasteiger partial charge in [0.1, 0.15) is 6.29 Å². The molecule has 0 heterocycles. The fourth-order valence-electron chi connectivity index (χ4n) is 2.72. The van der Waals surface area contributed by atoms with Crippen LogP contribution in [0.15, 0.2) is 24.3 Å². The van der Waals surface area contributed by atoms with Crippen molar-refractivity contribution in [1.82, 2.24) is 0 Å². The van der Waals surface area contributed by atoms with Crippen molar-refractivity contribution in [1.29, 1.82) is 0 Å². The Morgan fingerprint density at radius 1 is 1.00 bits per heavy atom. The molecule has 0 bridgehead atoms. The second-order valence-corrected chi connectivity index (χ2v) is 4.77. The molecular weight excluding hydrogens is 208 g/mol. The molecule has 0 aliphatic carbocycles. The minimum absolute atomic E-state index is 0.700. The first-order valence-electron chi connectivity index (χ1n) is 6.79. The van der Waals surface area contributed by atoms with Gasteiger partial charge in [-0.3, -0.25) is 4.79 Å². The number of benzene rings is 1. The van der Waals surface area contributed by atoms with Crippen molar-refractivity contribution < 1.29 is 4.79 Å². The Bertz CT molecular complexity index is 339. The number of hydrogen-bond donors (Lipinski definition) is 0. The van der Waals surface area contributed by atoms with Gasteiger partial charge in [0.15, 0.2) is 0 Å². The van der Waals surface area contributed by atoms with E-state index < -0.39 is 0 Å². The van der Waals surface area contributed by atoms with Crippen LogP contribution in [0.5, 0.6) is 0 Å². The second-order valence-electron chi connectivity index (χ2n) is 4.77. The molecule has 1 rings (SSSR count). The van der Waals surface area contributed by atoms with E-state index in [1.54, 1.807) is 0 Å². The van der Waals surface area contributed by atoms with Crippen LogP contribution in [0.1, 0.15) is 56.0 Å². The molecule has 1 aromatic carbocycles. The molecule has 0 N–H and O–H groups in total. The fraction of sp³-hybridized carbons (Fsp3) is 0.562. The Hall–Kier alpha value is -1.11. The zero-order valence-electron chi connectivity index (χ0n) is 11.3. The molecule has 0 fully saturated rings. The van der Waals surface area contributed by atoms with E-state index in [2.05, 4.69) is 26.8 Å². The Kier molecular flexibility index (Phi) is 5.96. The van der Waals surface area contributed by atoms with Crippen molar-refractivity contribution >= 4 is 6.29 Å². The van der Waals surface area contributed by atoms with Crippen molar-refractivity contribution in [2.24, 2.45) is 11.8 Å². The van der Waals surface area contributed by atoms with Gasteiger partial charge in [0, 0.05) is 5.56 Å². The minimum Gasteiger partial charge on any atom is -0.298 e. The van der Waals surface area contributed by atoms with Crippen LogP contribution in [0.2, 0.25) is 0 Å². The lowest BCUT2D eigenvalue weighted by atomic mass is 9.81. The van der Waals surface area contributed by atoms with Crippen LogP contribution >= 0.6 is 0 Å². The number of hydrogen-bond acceptors (Lipinski definition) is 1. The van der Waals surface area contributed by atoms with Crippen LogP contribution in [0.3, 0.4) is 0 Å². The van der Waals surface area contributed by atoms with Gasteiger partial charge in [0.05, 0.1) is 0 Å². The highest BCUT2D eigenvalue weighted by Gasteiger charge is 2.18. The molecule has 0 saturated carbocycles. The quantitative estimate of drug-likeness (QED) is 0.632. The SMILES string of the molecule is CCC(CC)C(CC)Cc1ccccc1C=O. The summed E-state index contributed by atoms with van der Waals surface area (Å²) in [4.78, 5) is 11.0. The Morgan fingerprint density at radius 3 is 2.12 bits per heavy atom. The summed E-state index contributed by atoms with van der Waals surface area (Å²) in [6, 6.07) is 7.98. The van der Waals surface area contributed by atoms with Gasteiger partial charge in [0.2, 0.25) is 0 Å². The predicted molar refractivity (Wildman–Crippen MR) is 73.4 cm³/mol. The number of rotatable bonds is 7. The molecule has 1 heteroatoms. The van der Waals surface area contributed by atoms with Crippen molar-refractivity contribution in [2.75, 3.05) is 0 Å². The lowest BCUT2D eigenvalue weighted by Gasteiger charge is -2.24. The molecule has 0 aromatic heterocycles. The highest BCUT2D eigenvalue weighted by atomic mass is 16.1. The summed E-state index contributed by atoms with van der Waals surface area (Å²) in [5.74, 6) is 1.48. The third-order valence-electron chi connectivity index (χ3n) is 3.90. The van der Waals surface area contributed by atoms with E-state index in [0.29, 0.717) is 5.92 Å². The molecule has 94 valence electrons. The van der Waals surface area contributed by atoms with E-state index in [0.717, 1.165) is 24.2 Å². The summed E-state index contributed by atoms with van der Waals surface area (Å²) in [6.07, 6.45) is 5.68. The molecule has 0 aliphatic rings. The smallest absolute Gasteiger partial charge is 0.150 e. The van der Waals surface area contributed by atoms with Crippen LogP contribution in [0, 0.1) is 11.8 Å². The molecule has 1 atom stereocenters. The predicted octanol–water partition coefficient (Wildman–Crippen LogP) is 4.50. The zero-order chi connectivity index (χ0) is 12.7. The molecular formula is C16H24O. The Balaban J connectivity index is 2.83. The maximum atomic E-state index is 11.0. The number of carbonyl (C=O) groups is 1. The topological polar surface area (TPSA) is 17.1 Å². The highest BCUT2D eigenvalue weighted by molar-refractivity contribution is 5.77. The number of aldehydes is 1. The molecule has 0 spiro atoms. The fourth-order valence-corrected chi connectivity index (χ4v) is 2.72. The minimum atomic E-state index is 0.700. The second kappa shape index (κ2) is 7.26. The van der Waals surface area contributed by atoms with Crippen LogP contribution in [-0.2, 0) is 6.42 Å². The van der Waals surface area contributed by atoms with Crippen molar-refractivity contribution in [2.45, 2.75) is 46.5 Å². The zero-order valence-corrected chi connectivity index (χ0v) is 11.3. The van der Waals surface area contributed by atoms with E-state index in [9.17, 15) is 4.79 Å². The molecule has 0 amide bonds. The monoisotopic (exact) mass is 232 g/mol. The first kappa shape index (κ1) is 14.0. The van der Waals surface area contributed by atoms with Crippen LogP contribution in [0.4, 0.5) is 0 Å². The normalized spacial score (nSPS) is 12.7. The summed E-state index contributed by atoms with van der Waals surface area (Å²) < 4.78 is 0. The average molecular weight is 232 g/mol. The van der Waals surface area contributed by atoms with Gasteiger partial charge in [-0.1, -0.05) is 64.3 Å². The van der Waals surface area contributed by atoms with Gasteiger partial charge < -0.3 is 0 Å².